The van der Waals surface area contributed by atoms with Gasteiger partial charge in [-0.15, -0.1) is 0 Å². The molecule has 1 aromatic rings. The van der Waals surface area contributed by atoms with Crippen molar-refractivity contribution in [3.05, 3.63) is 29.8 Å². The number of nitrogens with zero attached hydrogens (tertiary/aromatic N) is 1. The Balaban J connectivity index is 1.82. The molecule has 1 saturated carbocycles. The molecule has 5 heteroatoms. The maximum atomic E-state index is 12.6. The Labute approximate surface area is 125 Å². The molecule has 1 spiro atoms. The zero-order valence-corrected chi connectivity index (χ0v) is 12.6. The van der Waals surface area contributed by atoms with Crippen molar-refractivity contribution in [3.63, 3.8) is 0 Å². The lowest BCUT2D eigenvalue weighted by Gasteiger charge is -2.24. The third kappa shape index (κ3) is 2.63. The first-order valence-corrected chi connectivity index (χ1v) is 7.50. The maximum absolute atomic E-state index is 12.6. The first-order valence-electron chi connectivity index (χ1n) is 7.50. The van der Waals surface area contributed by atoms with Crippen LogP contribution in [0.15, 0.2) is 24.3 Å². The van der Waals surface area contributed by atoms with Gasteiger partial charge in [-0.05, 0) is 37.5 Å². The summed E-state index contributed by atoms with van der Waals surface area (Å²) < 4.78 is 10.7. The van der Waals surface area contributed by atoms with Crippen LogP contribution in [0, 0.1) is 0 Å². The lowest BCUT2D eigenvalue weighted by Crippen LogP contribution is -2.34. The Kier molecular flexibility index (Phi) is 3.87. The van der Waals surface area contributed by atoms with Crippen molar-refractivity contribution >= 4 is 5.91 Å². The van der Waals surface area contributed by atoms with E-state index >= 15 is 0 Å². The fourth-order valence-electron chi connectivity index (χ4n) is 2.89. The second-order valence-corrected chi connectivity index (χ2v) is 5.60. The van der Waals surface area contributed by atoms with Crippen molar-refractivity contribution in [2.24, 2.45) is 0 Å². The van der Waals surface area contributed by atoms with Crippen molar-refractivity contribution < 1.29 is 14.3 Å². The van der Waals surface area contributed by atoms with E-state index in [0.29, 0.717) is 19.8 Å². The molecule has 1 aliphatic carbocycles. The standard InChI is InChI=1S/C16H22N2O3/c1-3-21-10-9-18-14(17-16(7-8-16)15(18)19)12-5-4-6-13(11-12)20-2/h4-6,11,14,17H,3,7-10H2,1-2H3. The van der Waals surface area contributed by atoms with Gasteiger partial charge in [0.05, 0.1) is 13.7 Å². The summed E-state index contributed by atoms with van der Waals surface area (Å²) in [6.07, 6.45) is 1.77. The molecule has 0 radical (unpaired) electrons. The lowest BCUT2D eigenvalue weighted by atomic mass is 10.1. The van der Waals surface area contributed by atoms with Crippen LogP contribution in [0.4, 0.5) is 0 Å². The number of nitrogens with one attached hydrogen (secondary N) is 1. The predicted molar refractivity (Wildman–Crippen MR) is 79.0 cm³/mol. The van der Waals surface area contributed by atoms with E-state index < -0.39 is 0 Å². The summed E-state index contributed by atoms with van der Waals surface area (Å²) >= 11 is 0. The van der Waals surface area contributed by atoms with Gasteiger partial charge in [-0.2, -0.15) is 0 Å². The minimum absolute atomic E-state index is 0.0874. The molecular weight excluding hydrogens is 268 g/mol. The molecule has 1 aromatic carbocycles. The molecule has 2 aliphatic rings. The van der Waals surface area contributed by atoms with Gasteiger partial charge in [0.2, 0.25) is 5.91 Å². The number of amides is 1. The summed E-state index contributed by atoms with van der Waals surface area (Å²) in [4.78, 5) is 14.5. The van der Waals surface area contributed by atoms with Gasteiger partial charge in [0.1, 0.15) is 17.5 Å². The molecule has 1 unspecified atom stereocenters. The van der Waals surface area contributed by atoms with Gasteiger partial charge >= 0.3 is 0 Å². The lowest BCUT2D eigenvalue weighted by molar-refractivity contribution is -0.131. The SMILES string of the molecule is CCOCCN1C(=O)C2(CC2)NC1c1cccc(OC)c1. The Hall–Kier alpha value is -1.59. The first-order chi connectivity index (χ1) is 10.2. The maximum Gasteiger partial charge on any atom is 0.244 e. The number of hydrogen-bond donors (Lipinski definition) is 1. The van der Waals surface area contributed by atoms with Crippen LogP contribution in [0.25, 0.3) is 0 Å². The molecule has 1 amide bonds. The van der Waals surface area contributed by atoms with E-state index in [1.807, 2.05) is 36.1 Å². The molecule has 1 heterocycles. The second kappa shape index (κ2) is 5.66. The zero-order valence-electron chi connectivity index (χ0n) is 12.6. The van der Waals surface area contributed by atoms with E-state index in [2.05, 4.69) is 5.32 Å². The van der Waals surface area contributed by atoms with Crippen LogP contribution in [-0.2, 0) is 9.53 Å². The van der Waals surface area contributed by atoms with Crippen molar-refractivity contribution in [2.75, 3.05) is 26.9 Å². The molecule has 1 saturated heterocycles. The third-order valence-electron chi connectivity index (χ3n) is 4.24. The van der Waals surface area contributed by atoms with Gasteiger partial charge in [0, 0.05) is 13.2 Å². The molecule has 5 nitrogen and oxygen atoms in total. The quantitative estimate of drug-likeness (QED) is 0.810. The number of methoxy groups -OCH3 is 1. The Bertz CT molecular complexity index is 528. The average molecular weight is 290 g/mol. The van der Waals surface area contributed by atoms with E-state index in [1.54, 1.807) is 7.11 Å². The van der Waals surface area contributed by atoms with Crippen LogP contribution in [-0.4, -0.2) is 43.2 Å². The summed E-state index contributed by atoms with van der Waals surface area (Å²) in [5.74, 6) is 1.01. The summed E-state index contributed by atoms with van der Waals surface area (Å²) in [5.41, 5.74) is 0.739. The molecule has 3 rings (SSSR count). The topological polar surface area (TPSA) is 50.8 Å². The van der Waals surface area contributed by atoms with Gasteiger partial charge in [-0.1, -0.05) is 12.1 Å². The second-order valence-electron chi connectivity index (χ2n) is 5.60. The largest absolute Gasteiger partial charge is 0.497 e. The highest BCUT2D eigenvalue weighted by molar-refractivity contribution is 5.92. The molecular formula is C16H22N2O3. The number of carbonyl (C=O) groups excluding carboxylic acids is 1. The molecule has 2 fully saturated rings. The zero-order chi connectivity index (χ0) is 14.9. The molecule has 0 bridgehead atoms. The van der Waals surface area contributed by atoms with Crippen molar-refractivity contribution in [1.82, 2.24) is 10.2 Å². The fraction of sp³-hybridized carbons (Fsp3) is 0.562. The van der Waals surface area contributed by atoms with Gasteiger partial charge in [0.15, 0.2) is 0 Å². The van der Waals surface area contributed by atoms with E-state index in [9.17, 15) is 4.79 Å². The number of hydrogen-bond acceptors (Lipinski definition) is 4. The van der Waals surface area contributed by atoms with Gasteiger partial charge in [-0.25, -0.2) is 0 Å². The van der Waals surface area contributed by atoms with Crippen molar-refractivity contribution in [3.8, 4) is 5.75 Å². The van der Waals surface area contributed by atoms with Crippen LogP contribution in [0.5, 0.6) is 5.75 Å². The molecule has 1 atom stereocenters. The number of ether oxygens (including phenoxy) is 2. The van der Waals surface area contributed by atoms with Crippen LogP contribution < -0.4 is 10.1 Å². The highest BCUT2D eigenvalue weighted by atomic mass is 16.5. The van der Waals surface area contributed by atoms with E-state index in [0.717, 1.165) is 24.2 Å². The Morgan fingerprint density at radius 2 is 2.24 bits per heavy atom. The Morgan fingerprint density at radius 3 is 2.90 bits per heavy atom. The van der Waals surface area contributed by atoms with Crippen molar-refractivity contribution in [2.45, 2.75) is 31.5 Å². The minimum atomic E-state index is -0.319. The number of carbonyl (C=O) groups is 1. The molecule has 114 valence electrons. The smallest absolute Gasteiger partial charge is 0.244 e. The fourth-order valence-corrected chi connectivity index (χ4v) is 2.89. The van der Waals surface area contributed by atoms with Crippen LogP contribution >= 0.6 is 0 Å². The third-order valence-corrected chi connectivity index (χ3v) is 4.24. The minimum Gasteiger partial charge on any atom is -0.497 e. The molecule has 1 aliphatic heterocycles. The van der Waals surface area contributed by atoms with Gasteiger partial charge in [0.25, 0.3) is 0 Å². The van der Waals surface area contributed by atoms with Crippen LogP contribution in [0.2, 0.25) is 0 Å². The Morgan fingerprint density at radius 1 is 1.43 bits per heavy atom. The molecule has 0 aromatic heterocycles. The monoisotopic (exact) mass is 290 g/mol. The van der Waals surface area contributed by atoms with E-state index in [4.69, 9.17) is 9.47 Å². The average Bonchev–Trinajstić information content (AvgIpc) is 3.24. The van der Waals surface area contributed by atoms with Gasteiger partial charge < -0.3 is 14.4 Å². The highest BCUT2D eigenvalue weighted by Crippen LogP contribution is 2.46. The van der Waals surface area contributed by atoms with E-state index in [1.165, 1.54) is 0 Å². The molecule has 1 N–H and O–H groups in total. The number of rotatable bonds is 6. The van der Waals surface area contributed by atoms with Crippen LogP contribution in [0.3, 0.4) is 0 Å². The first kappa shape index (κ1) is 14.4. The normalized spacial score (nSPS) is 22.9. The number of benzene rings is 1. The highest BCUT2D eigenvalue weighted by Gasteiger charge is 2.59. The van der Waals surface area contributed by atoms with Crippen LogP contribution in [0.1, 0.15) is 31.5 Å². The predicted octanol–water partition coefficient (Wildman–Crippen LogP) is 1.69. The molecule has 21 heavy (non-hydrogen) atoms. The summed E-state index contributed by atoms with van der Waals surface area (Å²) in [5, 5.41) is 3.50. The van der Waals surface area contributed by atoms with E-state index in [-0.39, 0.29) is 17.6 Å². The summed E-state index contributed by atoms with van der Waals surface area (Å²) in [6, 6.07) is 7.89. The summed E-state index contributed by atoms with van der Waals surface area (Å²) in [7, 11) is 1.65. The van der Waals surface area contributed by atoms with Crippen molar-refractivity contribution in [1.29, 1.82) is 0 Å². The summed E-state index contributed by atoms with van der Waals surface area (Å²) in [6.45, 7) is 3.82. The van der Waals surface area contributed by atoms with Gasteiger partial charge in [-0.3, -0.25) is 10.1 Å².